The molecule has 4 nitrogen and oxygen atoms in total. The zero-order valence-electron chi connectivity index (χ0n) is 10.2. The van der Waals surface area contributed by atoms with Crippen molar-refractivity contribution in [2.75, 3.05) is 17.7 Å². The third-order valence-electron chi connectivity index (χ3n) is 2.40. The Morgan fingerprint density at radius 2 is 2.06 bits per heavy atom. The highest BCUT2D eigenvalue weighted by Crippen LogP contribution is 2.17. The van der Waals surface area contributed by atoms with Crippen molar-refractivity contribution in [3.05, 3.63) is 30.1 Å². The second-order valence-electron chi connectivity index (χ2n) is 3.78. The van der Waals surface area contributed by atoms with Gasteiger partial charge in [0.25, 0.3) is 0 Å². The number of halogens is 1. The zero-order chi connectivity index (χ0) is 13.7. The minimum absolute atomic E-state index is 0.150. The Morgan fingerprint density at radius 1 is 1.44 bits per heavy atom. The van der Waals surface area contributed by atoms with Gasteiger partial charge >= 0.3 is 0 Å². The van der Waals surface area contributed by atoms with Crippen LogP contribution in [0.15, 0.2) is 24.3 Å². The van der Waals surface area contributed by atoms with Crippen LogP contribution in [0.5, 0.6) is 0 Å². The van der Waals surface area contributed by atoms with Crippen LogP contribution >= 0.6 is 12.6 Å². The Labute approximate surface area is 111 Å². The van der Waals surface area contributed by atoms with E-state index in [4.69, 9.17) is 0 Å². The van der Waals surface area contributed by atoms with E-state index in [0.29, 0.717) is 0 Å². The SMILES string of the molecule is CC(=O)NC(CS)C(=O)N(C)c1ccccc1F. The Kier molecular flexibility index (Phi) is 5.15. The number of rotatable bonds is 4. The number of hydrogen-bond acceptors (Lipinski definition) is 3. The summed E-state index contributed by atoms with van der Waals surface area (Å²) >= 11 is 4.01. The molecule has 0 fully saturated rings. The summed E-state index contributed by atoms with van der Waals surface area (Å²) in [5.74, 6) is -1.08. The quantitative estimate of drug-likeness (QED) is 0.808. The molecule has 1 aromatic carbocycles. The van der Waals surface area contributed by atoms with E-state index in [2.05, 4.69) is 17.9 Å². The number of likely N-dealkylation sites (N-methyl/N-ethyl adjacent to an activating group) is 1. The van der Waals surface area contributed by atoms with Gasteiger partial charge in [0.1, 0.15) is 11.9 Å². The van der Waals surface area contributed by atoms with Crippen molar-refractivity contribution in [1.82, 2.24) is 5.32 Å². The maximum absolute atomic E-state index is 13.5. The summed E-state index contributed by atoms with van der Waals surface area (Å²) in [6.07, 6.45) is 0. The molecule has 0 aliphatic rings. The van der Waals surface area contributed by atoms with Crippen molar-refractivity contribution in [3.8, 4) is 0 Å². The van der Waals surface area contributed by atoms with Gasteiger partial charge in [0.2, 0.25) is 11.8 Å². The lowest BCUT2D eigenvalue weighted by Gasteiger charge is -2.23. The van der Waals surface area contributed by atoms with Gasteiger partial charge in [0.05, 0.1) is 5.69 Å². The first-order valence-corrected chi connectivity index (χ1v) is 6.00. The molecule has 0 radical (unpaired) electrons. The van der Waals surface area contributed by atoms with Gasteiger partial charge in [-0.15, -0.1) is 0 Å². The molecular weight excluding hydrogens is 255 g/mol. The number of thiol groups is 1. The highest BCUT2D eigenvalue weighted by Gasteiger charge is 2.23. The first-order chi connectivity index (χ1) is 8.47. The molecular formula is C12H15FN2O2S. The summed E-state index contributed by atoms with van der Waals surface area (Å²) in [7, 11) is 1.46. The van der Waals surface area contributed by atoms with Crippen LogP contribution in [0.4, 0.5) is 10.1 Å². The first-order valence-electron chi connectivity index (χ1n) is 5.37. The molecule has 98 valence electrons. The van der Waals surface area contributed by atoms with Gasteiger partial charge in [-0.2, -0.15) is 12.6 Å². The standard InChI is InChI=1S/C12H15FN2O2S/c1-8(16)14-10(7-18)12(17)15(2)11-6-4-3-5-9(11)13/h3-6,10,18H,7H2,1-2H3,(H,14,16). The number of para-hydroxylation sites is 1. The number of nitrogens with zero attached hydrogens (tertiary/aromatic N) is 1. The largest absolute Gasteiger partial charge is 0.344 e. The number of hydrogen-bond donors (Lipinski definition) is 2. The van der Waals surface area contributed by atoms with Crippen molar-refractivity contribution in [3.63, 3.8) is 0 Å². The molecule has 0 bridgehead atoms. The highest BCUT2D eigenvalue weighted by molar-refractivity contribution is 7.80. The lowest BCUT2D eigenvalue weighted by atomic mass is 10.2. The van der Waals surface area contributed by atoms with Crippen molar-refractivity contribution < 1.29 is 14.0 Å². The van der Waals surface area contributed by atoms with Crippen molar-refractivity contribution in [2.24, 2.45) is 0 Å². The van der Waals surface area contributed by atoms with Crippen LogP contribution < -0.4 is 10.2 Å². The molecule has 0 saturated carbocycles. The molecule has 0 saturated heterocycles. The Morgan fingerprint density at radius 3 is 2.56 bits per heavy atom. The number of carbonyl (C=O) groups excluding carboxylic acids is 2. The molecule has 1 rings (SSSR count). The smallest absolute Gasteiger partial charge is 0.250 e. The average molecular weight is 270 g/mol. The van der Waals surface area contributed by atoms with Crippen LogP contribution in [-0.4, -0.2) is 30.7 Å². The zero-order valence-corrected chi connectivity index (χ0v) is 11.1. The number of nitrogens with one attached hydrogen (secondary N) is 1. The lowest BCUT2D eigenvalue weighted by Crippen LogP contribution is -2.48. The van der Waals surface area contributed by atoms with Gasteiger partial charge in [-0.1, -0.05) is 12.1 Å². The predicted molar refractivity (Wildman–Crippen MR) is 71.3 cm³/mol. The highest BCUT2D eigenvalue weighted by atomic mass is 32.1. The van der Waals surface area contributed by atoms with Crippen molar-refractivity contribution in [2.45, 2.75) is 13.0 Å². The molecule has 0 spiro atoms. The van der Waals surface area contributed by atoms with Crippen LogP contribution in [0.2, 0.25) is 0 Å². The Hall–Kier alpha value is -1.56. The molecule has 0 aliphatic heterocycles. The minimum Gasteiger partial charge on any atom is -0.344 e. The first kappa shape index (κ1) is 14.5. The Balaban J connectivity index is 2.89. The summed E-state index contributed by atoms with van der Waals surface area (Å²) in [5.41, 5.74) is 0.166. The van der Waals surface area contributed by atoms with E-state index in [0.717, 1.165) is 0 Å². The monoisotopic (exact) mass is 270 g/mol. The normalized spacial score (nSPS) is 11.8. The molecule has 0 aromatic heterocycles. The summed E-state index contributed by atoms with van der Waals surface area (Å²) in [6.45, 7) is 1.31. The summed E-state index contributed by atoms with van der Waals surface area (Å²) in [4.78, 5) is 24.2. The second-order valence-corrected chi connectivity index (χ2v) is 4.15. The summed E-state index contributed by atoms with van der Waals surface area (Å²) < 4.78 is 13.5. The molecule has 1 atom stereocenters. The van der Waals surface area contributed by atoms with Crippen LogP contribution in [0.1, 0.15) is 6.92 Å². The van der Waals surface area contributed by atoms with E-state index in [1.54, 1.807) is 12.1 Å². The van der Waals surface area contributed by atoms with Gasteiger partial charge in [0.15, 0.2) is 0 Å². The van der Waals surface area contributed by atoms with Gasteiger partial charge in [0, 0.05) is 19.7 Å². The van der Waals surface area contributed by atoms with E-state index in [9.17, 15) is 14.0 Å². The fourth-order valence-corrected chi connectivity index (χ4v) is 1.75. The third kappa shape index (κ3) is 3.46. The summed E-state index contributed by atoms with van der Waals surface area (Å²) in [5, 5.41) is 2.47. The fraction of sp³-hybridized carbons (Fsp3) is 0.333. The van der Waals surface area contributed by atoms with Crippen LogP contribution in [0.25, 0.3) is 0 Å². The number of anilines is 1. The molecule has 0 heterocycles. The van der Waals surface area contributed by atoms with Gasteiger partial charge in [-0.05, 0) is 12.1 Å². The van der Waals surface area contributed by atoms with Crippen LogP contribution in [0, 0.1) is 5.82 Å². The third-order valence-corrected chi connectivity index (χ3v) is 2.77. The Bertz CT molecular complexity index is 453. The minimum atomic E-state index is -0.768. The van der Waals surface area contributed by atoms with E-state index in [1.807, 2.05) is 0 Å². The molecule has 1 aromatic rings. The molecule has 0 aliphatic carbocycles. The number of amides is 2. The molecule has 2 amide bonds. The van der Waals surface area contributed by atoms with Crippen molar-refractivity contribution in [1.29, 1.82) is 0 Å². The molecule has 18 heavy (non-hydrogen) atoms. The lowest BCUT2D eigenvalue weighted by molar-refractivity contribution is -0.125. The van der Waals surface area contributed by atoms with Gasteiger partial charge in [-0.3, -0.25) is 9.59 Å². The van der Waals surface area contributed by atoms with Crippen LogP contribution in [-0.2, 0) is 9.59 Å². The molecule has 1 N–H and O–H groups in total. The van der Waals surface area contributed by atoms with E-state index >= 15 is 0 Å². The molecule has 6 heteroatoms. The fourth-order valence-electron chi connectivity index (χ4n) is 1.51. The maximum atomic E-state index is 13.5. The van der Waals surface area contributed by atoms with Crippen molar-refractivity contribution >= 4 is 30.1 Å². The van der Waals surface area contributed by atoms with E-state index < -0.39 is 17.8 Å². The average Bonchev–Trinajstić information content (AvgIpc) is 2.34. The van der Waals surface area contributed by atoms with E-state index in [-0.39, 0.29) is 17.3 Å². The molecule has 1 unspecified atom stereocenters. The van der Waals surface area contributed by atoms with E-state index in [1.165, 1.54) is 31.0 Å². The van der Waals surface area contributed by atoms with Crippen LogP contribution in [0.3, 0.4) is 0 Å². The number of carbonyl (C=O) groups is 2. The second kappa shape index (κ2) is 6.39. The summed E-state index contributed by atoms with van der Waals surface area (Å²) in [6, 6.07) is 5.18. The van der Waals surface area contributed by atoms with Gasteiger partial charge < -0.3 is 10.2 Å². The number of benzene rings is 1. The topological polar surface area (TPSA) is 49.4 Å². The van der Waals surface area contributed by atoms with Gasteiger partial charge in [-0.25, -0.2) is 4.39 Å². The predicted octanol–water partition coefficient (Wildman–Crippen LogP) is 1.22. The maximum Gasteiger partial charge on any atom is 0.250 e.